The Morgan fingerprint density at radius 3 is 2.70 bits per heavy atom. The Bertz CT molecular complexity index is 686. The van der Waals surface area contributed by atoms with E-state index in [-0.39, 0.29) is 0 Å². The molecule has 1 aromatic heterocycles. The number of hydrogen-bond donors (Lipinski definition) is 1. The van der Waals surface area contributed by atoms with Crippen LogP contribution in [0.25, 0.3) is 0 Å². The Labute approximate surface area is 120 Å². The maximum atomic E-state index is 6.15. The Balaban J connectivity index is 1.83. The molecule has 1 N–H and O–H groups in total. The summed E-state index contributed by atoms with van der Waals surface area (Å²) in [4.78, 5) is 0. The van der Waals surface area contributed by atoms with Crippen molar-refractivity contribution in [3.05, 3.63) is 64.9 Å². The molecule has 0 aliphatic carbocycles. The number of ether oxygens (including phenoxy) is 1. The van der Waals surface area contributed by atoms with E-state index in [1.54, 1.807) is 6.07 Å². The number of para-hydroxylation sites is 1. The fourth-order valence-corrected chi connectivity index (χ4v) is 1.95. The van der Waals surface area contributed by atoms with Gasteiger partial charge in [-0.1, -0.05) is 41.1 Å². The summed E-state index contributed by atoms with van der Waals surface area (Å²) in [6, 6.07) is 15.1. The van der Waals surface area contributed by atoms with Crippen LogP contribution in [-0.2, 0) is 6.42 Å². The fraction of sp³-hybridized carbons (Fsp3) is 0.0714. The van der Waals surface area contributed by atoms with Gasteiger partial charge in [-0.25, -0.2) is 0 Å². The highest BCUT2D eigenvalue weighted by Crippen LogP contribution is 2.30. The number of nitrogens with one attached hydrogen (secondary N) is 1. The topological polar surface area (TPSA) is 63.7 Å². The van der Waals surface area contributed by atoms with E-state index < -0.39 is 0 Å². The van der Waals surface area contributed by atoms with Crippen molar-refractivity contribution < 1.29 is 4.74 Å². The molecular weight excluding hydrogens is 276 g/mol. The third kappa shape index (κ3) is 2.95. The highest BCUT2D eigenvalue weighted by Gasteiger charge is 2.07. The molecule has 0 atom stereocenters. The number of halogens is 1. The predicted molar refractivity (Wildman–Crippen MR) is 75.0 cm³/mol. The van der Waals surface area contributed by atoms with Gasteiger partial charge in [0.1, 0.15) is 11.5 Å². The van der Waals surface area contributed by atoms with Crippen LogP contribution in [0.5, 0.6) is 11.5 Å². The lowest BCUT2D eigenvalue weighted by molar-refractivity contribution is 0.482. The van der Waals surface area contributed by atoms with Crippen LogP contribution in [0.15, 0.2) is 48.5 Å². The van der Waals surface area contributed by atoms with E-state index >= 15 is 0 Å². The Kier molecular flexibility index (Phi) is 3.60. The number of aromatic nitrogens is 4. The zero-order chi connectivity index (χ0) is 13.8. The van der Waals surface area contributed by atoms with Crippen LogP contribution in [0.2, 0.25) is 5.02 Å². The number of hydrogen-bond acceptors (Lipinski definition) is 4. The van der Waals surface area contributed by atoms with E-state index in [1.165, 1.54) is 0 Å². The first-order chi connectivity index (χ1) is 9.81. The van der Waals surface area contributed by atoms with E-state index in [0.717, 1.165) is 11.3 Å². The molecule has 6 heteroatoms. The molecule has 0 saturated heterocycles. The maximum Gasteiger partial charge on any atom is 0.178 e. The second kappa shape index (κ2) is 5.71. The minimum Gasteiger partial charge on any atom is -0.456 e. The number of aromatic amines is 1. The van der Waals surface area contributed by atoms with E-state index in [1.807, 2.05) is 42.5 Å². The van der Waals surface area contributed by atoms with Gasteiger partial charge in [-0.3, -0.25) is 0 Å². The van der Waals surface area contributed by atoms with Crippen molar-refractivity contribution in [1.29, 1.82) is 0 Å². The normalized spacial score (nSPS) is 10.4. The zero-order valence-corrected chi connectivity index (χ0v) is 11.2. The third-order valence-electron chi connectivity index (χ3n) is 2.72. The van der Waals surface area contributed by atoms with Crippen molar-refractivity contribution in [3.63, 3.8) is 0 Å². The molecule has 0 amide bonds. The van der Waals surface area contributed by atoms with Gasteiger partial charge in [-0.15, -0.1) is 10.2 Å². The van der Waals surface area contributed by atoms with Gasteiger partial charge < -0.3 is 4.74 Å². The molecule has 3 rings (SSSR count). The number of H-pyrrole nitrogens is 1. The summed E-state index contributed by atoms with van der Waals surface area (Å²) in [6.07, 6.45) is 0.568. The monoisotopic (exact) mass is 286 g/mol. The summed E-state index contributed by atoms with van der Waals surface area (Å²) < 4.78 is 5.77. The first-order valence-electron chi connectivity index (χ1n) is 6.05. The molecule has 100 valence electrons. The summed E-state index contributed by atoms with van der Waals surface area (Å²) in [7, 11) is 0. The second-order valence-electron chi connectivity index (χ2n) is 4.18. The molecule has 0 aliphatic rings. The summed E-state index contributed by atoms with van der Waals surface area (Å²) in [5.74, 6) is 1.97. The summed E-state index contributed by atoms with van der Waals surface area (Å²) in [5, 5.41) is 14.4. The van der Waals surface area contributed by atoms with E-state index in [4.69, 9.17) is 16.3 Å². The standard InChI is InChI=1S/C14H11ClN4O/c15-12-7-6-10(9-14-16-18-19-17-14)8-13(12)20-11-4-2-1-3-5-11/h1-8H,9H2,(H,16,17,18,19). The van der Waals surface area contributed by atoms with Gasteiger partial charge in [0.25, 0.3) is 0 Å². The highest BCUT2D eigenvalue weighted by molar-refractivity contribution is 6.32. The Morgan fingerprint density at radius 1 is 1.10 bits per heavy atom. The number of rotatable bonds is 4. The molecule has 0 fully saturated rings. The summed E-state index contributed by atoms with van der Waals surface area (Å²) in [5.41, 5.74) is 1.00. The Hall–Kier alpha value is -2.40. The largest absolute Gasteiger partial charge is 0.456 e. The maximum absolute atomic E-state index is 6.15. The smallest absolute Gasteiger partial charge is 0.178 e. The average molecular weight is 287 g/mol. The minimum atomic E-state index is 0.561. The van der Waals surface area contributed by atoms with Crippen molar-refractivity contribution in [1.82, 2.24) is 20.6 Å². The van der Waals surface area contributed by atoms with Crippen molar-refractivity contribution in [2.24, 2.45) is 0 Å². The van der Waals surface area contributed by atoms with Gasteiger partial charge in [-0.05, 0) is 29.8 Å². The van der Waals surface area contributed by atoms with Gasteiger partial charge >= 0.3 is 0 Å². The van der Waals surface area contributed by atoms with E-state index in [0.29, 0.717) is 23.0 Å². The minimum absolute atomic E-state index is 0.561. The van der Waals surface area contributed by atoms with Gasteiger partial charge in [0.2, 0.25) is 0 Å². The lowest BCUT2D eigenvalue weighted by atomic mass is 10.1. The quantitative estimate of drug-likeness (QED) is 0.800. The lowest BCUT2D eigenvalue weighted by Crippen LogP contribution is -1.93. The molecule has 0 aliphatic heterocycles. The second-order valence-corrected chi connectivity index (χ2v) is 4.59. The zero-order valence-electron chi connectivity index (χ0n) is 10.5. The van der Waals surface area contributed by atoms with E-state index in [9.17, 15) is 0 Å². The number of tetrazole rings is 1. The van der Waals surface area contributed by atoms with Crippen LogP contribution in [0, 0.1) is 0 Å². The molecule has 1 heterocycles. The van der Waals surface area contributed by atoms with Gasteiger partial charge in [0.15, 0.2) is 5.82 Å². The molecular formula is C14H11ClN4O. The molecule has 0 unspecified atom stereocenters. The average Bonchev–Trinajstić information content (AvgIpc) is 2.97. The first kappa shape index (κ1) is 12.6. The van der Waals surface area contributed by atoms with E-state index in [2.05, 4.69) is 20.6 Å². The van der Waals surface area contributed by atoms with Crippen LogP contribution in [-0.4, -0.2) is 20.6 Å². The van der Waals surface area contributed by atoms with Crippen molar-refractivity contribution in [3.8, 4) is 11.5 Å². The third-order valence-corrected chi connectivity index (χ3v) is 3.03. The van der Waals surface area contributed by atoms with Gasteiger partial charge in [0.05, 0.1) is 5.02 Å². The SMILES string of the molecule is Clc1ccc(Cc2nn[nH]n2)cc1Oc1ccccc1. The van der Waals surface area contributed by atoms with Crippen LogP contribution < -0.4 is 4.74 Å². The highest BCUT2D eigenvalue weighted by atomic mass is 35.5. The fourth-order valence-electron chi connectivity index (χ4n) is 1.79. The summed E-state index contributed by atoms with van der Waals surface area (Å²) >= 11 is 6.15. The molecule has 0 saturated carbocycles. The number of nitrogens with zero attached hydrogens (tertiary/aromatic N) is 3. The molecule has 0 spiro atoms. The van der Waals surface area contributed by atoms with Crippen molar-refractivity contribution >= 4 is 11.6 Å². The van der Waals surface area contributed by atoms with Crippen LogP contribution >= 0.6 is 11.6 Å². The molecule has 3 aromatic rings. The van der Waals surface area contributed by atoms with Crippen molar-refractivity contribution in [2.75, 3.05) is 0 Å². The van der Waals surface area contributed by atoms with Crippen molar-refractivity contribution in [2.45, 2.75) is 6.42 Å². The molecule has 5 nitrogen and oxygen atoms in total. The van der Waals surface area contributed by atoms with Gasteiger partial charge in [0, 0.05) is 6.42 Å². The lowest BCUT2D eigenvalue weighted by Gasteiger charge is -2.09. The molecule has 20 heavy (non-hydrogen) atoms. The molecule has 0 bridgehead atoms. The van der Waals surface area contributed by atoms with Crippen LogP contribution in [0.4, 0.5) is 0 Å². The predicted octanol–water partition coefficient (Wildman–Crippen LogP) is 3.24. The van der Waals surface area contributed by atoms with Gasteiger partial charge in [-0.2, -0.15) is 5.21 Å². The Morgan fingerprint density at radius 2 is 1.95 bits per heavy atom. The summed E-state index contributed by atoms with van der Waals surface area (Å²) in [6.45, 7) is 0. The molecule has 2 aromatic carbocycles. The molecule has 0 radical (unpaired) electrons. The van der Waals surface area contributed by atoms with Crippen LogP contribution in [0.3, 0.4) is 0 Å². The number of benzene rings is 2. The first-order valence-corrected chi connectivity index (χ1v) is 6.43. The van der Waals surface area contributed by atoms with Crippen LogP contribution in [0.1, 0.15) is 11.4 Å².